The number of rotatable bonds is 8. The lowest BCUT2D eigenvalue weighted by atomic mass is 9.96. The van der Waals surface area contributed by atoms with Gasteiger partial charge in [-0.25, -0.2) is 4.79 Å². The number of nitrogens with zero attached hydrogens (tertiary/aromatic N) is 2. The van der Waals surface area contributed by atoms with Crippen molar-refractivity contribution < 1.29 is 19.1 Å². The summed E-state index contributed by atoms with van der Waals surface area (Å²) in [4.78, 5) is 31.2. The van der Waals surface area contributed by atoms with E-state index < -0.39 is 0 Å². The molecule has 7 heteroatoms. The maximum atomic E-state index is 12.7. The van der Waals surface area contributed by atoms with Crippen molar-refractivity contribution in [1.82, 2.24) is 15.2 Å². The van der Waals surface area contributed by atoms with E-state index in [0.29, 0.717) is 24.5 Å². The first-order valence-electron chi connectivity index (χ1n) is 11.9. The van der Waals surface area contributed by atoms with Crippen LogP contribution in [0.25, 0.3) is 0 Å². The van der Waals surface area contributed by atoms with Crippen molar-refractivity contribution in [2.75, 3.05) is 26.2 Å². The maximum absolute atomic E-state index is 12.7. The molecule has 2 aromatic rings. The number of ether oxygens (including phenoxy) is 2. The minimum Gasteiger partial charge on any atom is -0.493 e. The van der Waals surface area contributed by atoms with Crippen molar-refractivity contribution in [2.45, 2.75) is 59.1 Å². The van der Waals surface area contributed by atoms with Crippen LogP contribution in [-0.2, 0) is 17.8 Å². The molecule has 1 N–H and O–H groups in total. The van der Waals surface area contributed by atoms with E-state index in [1.807, 2.05) is 13.0 Å². The molecule has 0 bridgehead atoms. The molecule has 1 saturated heterocycles. The molecule has 1 fully saturated rings. The molecule has 0 spiro atoms. The number of piperidine rings is 1. The van der Waals surface area contributed by atoms with Crippen molar-refractivity contribution >= 4 is 11.9 Å². The van der Waals surface area contributed by atoms with Gasteiger partial charge in [-0.2, -0.15) is 0 Å². The van der Waals surface area contributed by atoms with Crippen LogP contribution in [0.1, 0.15) is 69.3 Å². The van der Waals surface area contributed by atoms with E-state index in [0.717, 1.165) is 62.2 Å². The molecule has 1 amide bonds. The Morgan fingerprint density at radius 1 is 1.27 bits per heavy atom. The number of cyclic esters (lactones) is 1. The van der Waals surface area contributed by atoms with Gasteiger partial charge in [0, 0.05) is 49.1 Å². The lowest BCUT2D eigenvalue weighted by Gasteiger charge is -2.32. The Bertz CT molecular complexity index is 1030. The quantitative estimate of drug-likeness (QED) is 0.618. The molecule has 0 atom stereocenters. The molecular formula is C26H33N3O4. The van der Waals surface area contributed by atoms with Crippen LogP contribution in [0.3, 0.4) is 0 Å². The number of aromatic nitrogens is 1. The van der Waals surface area contributed by atoms with Gasteiger partial charge in [0.25, 0.3) is 5.91 Å². The first-order valence-corrected chi connectivity index (χ1v) is 11.9. The minimum absolute atomic E-state index is 0.139. The molecule has 0 radical (unpaired) electrons. The van der Waals surface area contributed by atoms with Crippen LogP contribution in [0.2, 0.25) is 0 Å². The second-order valence-electron chi connectivity index (χ2n) is 8.97. The Kier molecular flexibility index (Phi) is 7.28. The number of esters is 1. The summed E-state index contributed by atoms with van der Waals surface area (Å²) < 4.78 is 10.9. The van der Waals surface area contributed by atoms with Crippen LogP contribution in [0.15, 0.2) is 24.4 Å². The number of pyridine rings is 1. The third kappa shape index (κ3) is 5.36. The van der Waals surface area contributed by atoms with Crippen molar-refractivity contribution in [3.05, 3.63) is 57.9 Å². The lowest BCUT2D eigenvalue weighted by molar-refractivity contribution is 0.0534. The fourth-order valence-electron chi connectivity index (χ4n) is 4.50. The number of carbonyl (C=O) groups excluding carboxylic acids is 2. The standard InChI is InChI=1S/C26H33N3O4/c1-4-13-32-24-14-23(27-15-17(24)2)25(30)28-20-8-11-29(12-9-20)10-7-19-5-6-21-22(18(19)3)16-33-26(21)31/h5-6,14-15,20H,4,7-13,16H2,1-3H3,(H,28,30). The SMILES string of the molecule is CCCOc1cc(C(=O)NC2CCN(CCc3ccc4c(c3C)COC4=O)CC2)ncc1C. The zero-order valence-corrected chi connectivity index (χ0v) is 19.8. The predicted octanol–water partition coefficient (Wildman–Crippen LogP) is 3.59. The number of fused-ring (bicyclic) bond motifs is 1. The van der Waals surface area contributed by atoms with Crippen LogP contribution in [0.4, 0.5) is 0 Å². The highest BCUT2D eigenvalue weighted by Gasteiger charge is 2.25. The van der Waals surface area contributed by atoms with Crippen LogP contribution in [0.5, 0.6) is 5.75 Å². The molecule has 1 aromatic heterocycles. The predicted molar refractivity (Wildman–Crippen MR) is 126 cm³/mol. The summed E-state index contributed by atoms with van der Waals surface area (Å²) in [5.74, 6) is 0.374. The monoisotopic (exact) mass is 451 g/mol. The van der Waals surface area contributed by atoms with Gasteiger partial charge in [0.15, 0.2) is 0 Å². The summed E-state index contributed by atoms with van der Waals surface area (Å²) in [7, 11) is 0. The van der Waals surface area contributed by atoms with Gasteiger partial charge in [-0.1, -0.05) is 13.0 Å². The average molecular weight is 452 g/mol. The number of aryl methyl sites for hydroxylation is 1. The summed E-state index contributed by atoms with van der Waals surface area (Å²) >= 11 is 0. The zero-order valence-electron chi connectivity index (χ0n) is 19.8. The maximum Gasteiger partial charge on any atom is 0.338 e. The number of benzene rings is 1. The number of likely N-dealkylation sites (tertiary alicyclic amines) is 1. The number of hydrogen-bond donors (Lipinski definition) is 1. The fourth-order valence-corrected chi connectivity index (χ4v) is 4.50. The van der Waals surface area contributed by atoms with Crippen LogP contribution >= 0.6 is 0 Å². The van der Waals surface area contributed by atoms with E-state index in [2.05, 4.69) is 35.1 Å². The molecule has 0 saturated carbocycles. The summed E-state index contributed by atoms with van der Waals surface area (Å²) in [6.45, 7) is 9.95. The highest BCUT2D eigenvalue weighted by atomic mass is 16.5. The smallest absolute Gasteiger partial charge is 0.338 e. The van der Waals surface area contributed by atoms with Crippen LogP contribution in [-0.4, -0.2) is 54.0 Å². The van der Waals surface area contributed by atoms with E-state index in [1.165, 1.54) is 11.1 Å². The lowest BCUT2D eigenvalue weighted by Crippen LogP contribution is -2.45. The van der Waals surface area contributed by atoms with E-state index >= 15 is 0 Å². The van der Waals surface area contributed by atoms with Gasteiger partial charge in [-0.05, 0) is 56.7 Å². The minimum atomic E-state index is -0.214. The topological polar surface area (TPSA) is 80.8 Å². The van der Waals surface area contributed by atoms with Gasteiger partial charge in [0.05, 0.1) is 12.2 Å². The molecule has 33 heavy (non-hydrogen) atoms. The zero-order chi connectivity index (χ0) is 23.4. The fraction of sp³-hybridized carbons (Fsp3) is 0.500. The molecule has 2 aliphatic rings. The summed E-state index contributed by atoms with van der Waals surface area (Å²) in [6, 6.07) is 5.85. The van der Waals surface area contributed by atoms with Gasteiger partial charge in [0.1, 0.15) is 18.1 Å². The Hall–Kier alpha value is -2.93. The highest BCUT2D eigenvalue weighted by molar-refractivity contribution is 5.94. The average Bonchev–Trinajstić information content (AvgIpc) is 3.20. The number of nitrogens with one attached hydrogen (secondary N) is 1. The second-order valence-corrected chi connectivity index (χ2v) is 8.97. The van der Waals surface area contributed by atoms with E-state index in [9.17, 15) is 9.59 Å². The molecule has 0 unspecified atom stereocenters. The normalized spacial score (nSPS) is 16.4. The molecule has 7 nitrogen and oxygen atoms in total. The highest BCUT2D eigenvalue weighted by Crippen LogP contribution is 2.26. The summed E-state index contributed by atoms with van der Waals surface area (Å²) in [5, 5.41) is 3.14. The van der Waals surface area contributed by atoms with Gasteiger partial charge in [0.2, 0.25) is 0 Å². The Morgan fingerprint density at radius 2 is 2.06 bits per heavy atom. The molecule has 2 aliphatic heterocycles. The van der Waals surface area contributed by atoms with Crippen LogP contribution in [0, 0.1) is 13.8 Å². The van der Waals surface area contributed by atoms with Crippen molar-refractivity contribution in [3.8, 4) is 5.75 Å². The third-order valence-corrected chi connectivity index (χ3v) is 6.65. The summed E-state index contributed by atoms with van der Waals surface area (Å²) in [6.07, 6.45) is 5.40. The van der Waals surface area contributed by atoms with Crippen molar-refractivity contribution in [3.63, 3.8) is 0 Å². The number of hydrogen-bond acceptors (Lipinski definition) is 6. The van der Waals surface area contributed by atoms with Gasteiger partial charge < -0.3 is 19.7 Å². The van der Waals surface area contributed by atoms with E-state index in [1.54, 1.807) is 12.3 Å². The molecule has 3 heterocycles. The molecule has 1 aromatic carbocycles. The van der Waals surface area contributed by atoms with Crippen molar-refractivity contribution in [1.29, 1.82) is 0 Å². The Morgan fingerprint density at radius 3 is 2.82 bits per heavy atom. The first-order chi connectivity index (χ1) is 16.0. The molecule has 0 aliphatic carbocycles. The largest absolute Gasteiger partial charge is 0.493 e. The van der Waals surface area contributed by atoms with E-state index in [4.69, 9.17) is 9.47 Å². The Labute approximate surface area is 195 Å². The van der Waals surface area contributed by atoms with Gasteiger partial charge >= 0.3 is 5.97 Å². The molecule has 4 rings (SSSR count). The molecular weight excluding hydrogens is 418 g/mol. The van der Waals surface area contributed by atoms with Crippen LogP contribution < -0.4 is 10.1 Å². The van der Waals surface area contributed by atoms with Crippen molar-refractivity contribution in [2.24, 2.45) is 0 Å². The Balaban J connectivity index is 1.26. The molecule has 176 valence electrons. The first kappa shape index (κ1) is 23.2. The van der Waals surface area contributed by atoms with E-state index in [-0.39, 0.29) is 17.9 Å². The number of amides is 1. The third-order valence-electron chi connectivity index (χ3n) is 6.65. The van der Waals surface area contributed by atoms with Gasteiger partial charge in [-0.3, -0.25) is 9.78 Å². The van der Waals surface area contributed by atoms with Gasteiger partial charge in [-0.15, -0.1) is 0 Å². The number of carbonyl (C=O) groups is 2. The second kappa shape index (κ2) is 10.3. The summed E-state index contributed by atoms with van der Waals surface area (Å²) in [5.41, 5.74) is 5.53.